The van der Waals surface area contributed by atoms with Crippen molar-refractivity contribution in [1.82, 2.24) is 14.2 Å². The summed E-state index contributed by atoms with van der Waals surface area (Å²) in [5.41, 5.74) is 2.20. The largest absolute Gasteiger partial charge is 0.379 e. The van der Waals surface area contributed by atoms with Gasteiger partial charge in [0, 0.05) is 45.3 Å². The van der Waals surface area contributed by atoms with Gasteiger partial charge in [0.05, 0.1) is 33.3 Å². The number of carbonyl (C=O) groups is 1. The minimum Gasteiger partial charge on any atom is -0.379 e. The summed E-state index contributed by atoms with van der Waals surface area (Å²) in [7, 11) is -2.03. The van der Waals surface area contributed by atoms with Gasteiger partial charge >= 0.3 is 0 Å². The zero-order chi connectivity index (χ0) is 27.3. The first-order valence-corrected chi connectivity index (χ1v) is 15.6. The van der Waals surface area contributed by atoms with E-state index < -0.39 is 10.0 Å². The second kappa shape index (κ2) is 12.8. The van der Waals surface area contributed by atoms with Gasteiger partial charge in [-0.25, -0.2) is 17.7 Å². The van der Waals surface area contributed by atoms with Crippen LogP contribution >= 0.6 is 22.9 Å². The summed E-state index contributed by atoms with van der Waals surface area (Å²) < 4.78 is 33.5. The second-order valence-corrected chi connectivity index (χ2v) is 12.9. The van der Waals surface area contributed by atoms with Crippen molar-refractivity contribution in [2.75, 3.05) is 57.9 Å². The standard InChI is InChI=1S/C27H35ClN4O4S2/c1-4-5-13-30(3)38(34,35)22-10-8-21(9-11-22)26(33)32(15-6-14-31-16-18-36-19-17-31)27-29-24-20(2)7-12-23(28)25(24)37-27/h7-12H,4-6,13-19H2,1-3H3. The van der Waals surface area contributed by atoms with E-state index >= 15 is 0 Å². The van der Waals surface area contributed by atoms with E-state index in [-0.39, 0.29) is 10.8 Å². The fraction of sp³-hybridized carbons (Fsp3) is 0.481. The fourth-order valence-corrected chi connectivity index (χ4v) is 6.92. The lowest BCUT2D eigenvalue weighted by Gasteiger charge is -2.27. The van der Waals surface area contributed by atoms with Crippen molar-refractivity contribution in [1.29, 1.82) is 0 Å². The van der Waals surface area contributed by atoms with Gasteiger partial charge in [0.25, 0.3) is 5.91 Å². The van der Waals surface area contributed by atoms with E-state index in [0.717, 1.165) is 67.9 Å². The van der Waals surface area contributed by atoms with Gasteiger partial charge in [-0.15, -0.1) is 0 Å². The molecule has 0 spiro atoms. The molecule has 1 aliphatic rings. The number of fused-ring (bicyclic) bond motifs is 1. The molecule has 11 heteroatoms. The number of halogens is 1. The van der Waals surface area contributed by atoms with Gasteiger partial charge in [0.1, 0.15) is 0 Å². The first-order chi connectivity index (χ1) is 18.2. The maximum Gasteiger partial charge on any atom is 0.260 e. The van der Waals surface area contributed by atoms with Gasteiger partial charge in [0.2, 0.25) is 10.0 Å². The molecule has 4 rings (SSSR count). The van der Waals surface area contributed by atoms with Crippen LogP contribution in [0.5, 0.6) is 0 Å². The highest BCUT2D eigenvalue weighted by Gasteiger charge is 2.25. The van der Waals surface area contributed by atoms with Crippen molar-refractivity contribution < 1.29 is 17.9 Å². The van der Waals surface area contributed by atoms with Crippen molar-refractivity contribution >= 4 is 54.2 Å². The molecule has 0 atom stereocenters. The molecule has 2 aromatic carbocycles. The van der Waals surface area contributed by atoms with Crippen LogP contribution in [0.15, 0.2) is 41.3 Å². The molecule has 1 aromatic heterocycles. The number of hydrogen-bond donors (Lipinski definition) is 0. The van der Waals surface area contributed by atoms with Gasteiger partial charge in [-0.2, -0.15) is 0 Å². The quantitative estimate of drug-likeness (QED) is 0.317. The number of nitrogens with zero attached hydrogens (tertiary/aromatic N) is 4. The van der Waals surface area contributed by atoms with Crippen molar-refractivity contribution in [2.24, 2.45) is 0 Å². The number of ether oxygens (including phenoxy) is 1. The molecule has 1 amide bonds. The lowest BCUT2D eigenvalue weighted by atomic mass is 10.2. The molecule has 0 radical (unpaired) electrons. The molecule has 1 saturated heterocycles. The summed E-state index contributed by atoms with van der Waals surface area (Å²) in [5, 5.41) is 1.19. The molecule has 0 N–H and O–H groups in total. The van der Waals surface area contributed by atoms with E-state index in [2.05, 4.69) is 4.90 Å². The van der Waals surface area contributed by atoms with Gasteiger partial charge < -0.3 is 4.74 Å². The predicted molar refractivity (Wildman–Crippen MR) is 154 cm³/mol. The maximum absolute atomic E-state index is 13.8. The molecule has 206 valence electrons. The molecule has 38 heavy (non-hydrogen) atoms. The van der Waals surface area contributed by atoms with Crippen LogP contribution in [-0.2, 0) is 14.8 Å². The van der Waals surface area contributed by atoms with E-state index in [9.17, 15) is 13.2 Å². The van der Waals surface area contributed by atoms with Gasteiger partial charge in [-0.3, -0.25) is 14.6 Å². The van der Waals surface area contributed by atoms with Crippen LogP contribution in [0.1, 0.15) is 42.1 Å². The Hall–Kier alpha value is -2.08. The lowest BCUT2D eigenvalue weighted by molar-refractivity contribution is 0.0376. The van der Waals surface area contributed by atoms with E-state index in [1.807, 2.05) is 26.0 Å². The monoisotopic (exact) mass is 578 g/mol. The van der Waals surface area contributed by atoms with Crippen LogP contribution in [0.2, 0.25) is 5.02 Å². The number of carbonyl (C=O) groups excluding carboxylic acids is 1. The summed E-state index contributed by atoms with van der Waals surface area (Å²) >= 11 is 7.85. The lowest BCUT2D eigenvalue weighted by Crippen LogP contribution is -2.39. The molecule has 3 aromatic rings. The van der Waals surface area contributed by atoms with Crippen LogP contribution in [0.4, 0.5) is 5.13 Å². The summed E-state index contributed by atoms with van der Waals surface area (Å²) in [6.07, 6.45) is 2.46. The van der Waals surface area contributed by atoms with Crippen molar-refractivity contribution in [3.63, 3.8) is 0 Å². The second-order valence-electron chi connectivity index (χ2n) is 9.51. The molecular weight excluding hydrogens is 544 g/mol. The normalized spacial score (nSPS) is 14.9. The topological polar surface area (TPSA) is 83.1 Å². The number of morpholine rings is 1. The van der Waals surface area contributed by atoms with E-state index in [4.69, 9.17) is 21.3 Å². The average molecular weight is 579 g/mol. The summed E-state index contributed by atoms with van der Waals surface area (Å²) in [6.45, 7) is 8.99. The van der Waals surface area contributed by atoms with E-state index in [1.54, 1.807) is 24.1 Å². The molecule has 1 fully saturated rings. The van der Waals surface area contributed by atoms with E-state index in [1.165, 1.54) is 27.8 Å². The molecule has 0 saturated carbocycles. The highest BCUT2D eigenvalue weighted by atomic mass is 35.5. The Labute approximate surface area is 234 Å². The third-order valence-electron chi connectivity index (χ3n) is 6.76. The highest BCUT2D eigenvalue weighted by Crippen LogP contribution is 2.36. The van der Waals surface area contributed by atoms with Gasteiger partial charge in [-0.05, 0) is 55.7 Å². The third kappa shape index (κ3) is 6.55. The Bertz CT molecular complexity index is 1320. The molecule has 0 aliphatic carbocycles. The van der Waals surface area contributed by atoms with Crippen LogP contribution in [0.25, 0.3) is 10.2 Å². The molecule has 1 aliphatic heterocycles. The van der Waals surface area contributed by atoms with Crippen molar-refractivity contribution in [3.8, 4) is 0 Å². The van der Waals surface area contributed by atoms with E-state index in [0.29, 0.717) is 28.8 Å². The minimum absolute atomic E-state index is 0.175. The summed E-state index contributed by atoms with van der Waals surface area (Å²) in [4.78, 5) is 22.8. The molecule has 0 bridgehead atoms. The average Bonchev–Trinajstić information content (AvgIpc) is 3.38. The van der Waals surface area contributed by atoms with Gasteiger partial charge in [0.15, 0.2) is 5.13 Å². The summed E-state index contributed by atoms with van der Waals surface area (Å²) in [5.74, 6) is -0.219. The van der Waals surface area contributed by atoms with Crippen molar-refractivity contribution in [3.05, 3.63) is 52.5 Å². The number of hydrogen-bond acceptors (Lipinski definition) is 7. The maximum atomic E-state index is 13.8. The number of benzene rings is 2. The third-order valence-corrected chi connectivity index (χ3v) is 10.2. The van der Waals surface area contributed by atoms with Crippen molar-refractivity contribution in [2.45, 2.75) is 38.0 Å². The number of unbranched alkanes of at least 4 members (excludes halogenated alkanes) is 1. The van der Waals surface area contributed by atoms with Crippen LogP contribution in [-0.4, -0.2) is 81.5 Å². The SMILES string of the molecule is CCCCN(C)S(=O)(=O)c1ccc(C(=O)N(CCCN2CCOCC2)c2nc3c(C)ccc(Cl)c3s2)cc1. The smallest absolute Gasteiger partial charge is 0.260 e. The number of sulfonamides is 1. The minimum atomic E-state index is -3.61. The van der Waals surface area contributed by atoms with Crippen LogP contribution in [0.3, 0.4) is 0 Å². The molecule has 0 unspecified atom stereocenters. The molecular formula is C27H35ClN4O4S2. The van der Waals surface area contributed by atoms with Crippen LogP contribution in [0, 0.1) is 6.92 Å². The zero-order valence-electron chi connectivity index (χ0n) is 22.2. The highest BCUT2D eigenvalue weighted by molar-refractivity contribution is 7.89. The number of anilines is 1. The number of aromatic nitrogens is 1. The Morgan fingerprint density at radius 1 is 1.11 bits per heavy atom. The summed E-state index contributed by atoms with van der Waals surface area (Å²) in [6, 6.07) is 9.97. The number of thiazole rings is 1. The zero-order valence-corrected chi connectivity index (χ0v) is 24.5. The van der Waals surface area contributed by atoms with Gasteiger partial charge in [-0.1, -0.05) is 42.3 Å². The first-order valence-electron chi connectivity index (χ1n) is 13.0. The van der Waals surface area contributed by atoms with Crippen LogP contribution < -0.4 is 4.90 Å². The Morgan fingerprint density at radius 3 is 2.47 bits per heavy atom. The number of rotatable bonds is 11. The molecule has 8 nitrogen and oxygen atoms in total. The Morgan fingerprint density at radius 2 is 1.82 bits per heavy atom. The number of aryl methyl sites for hydroxylation is 1. The molecule has 2 heterocycles. The number of amides is 1. The fourth-order valence-electron chi connectivity index (χ4n) is 4.37. The predicted octanol–water partition coefficient (Wildman–Crippen LogP) is 5.05. The Balaban J connectivity index is 1.59. The Kier molecular flexibility index (Phi) is 9.78. The first kappa shape index (κ1) is 28.9.